The van der Waals surface area contributed by atoms with Crippen LogP contribution in [0.15, 0.2) is 47.4 Å². The highest BCUT2D eigenvalue weighted by Crippen LogP contribution is 2.33. The minimum absolute atomic E-state index is 0.00730. The lowest BCUT2D eigenvalue weighted by Gasteiger charge is -2.22. The van der Waals surface area contributed by atoms with E-state index in [1.165, 1.54) is 17.0 Å². The van der Waals surface area contributed by atoms with Crippen molar-refractivity contribution in [2.45, 2.75) is 50.5 Å². The number of hydrogen-bond donors (Lipinski definition) is 1. The molecule has 0 aliphatic carbocycles. The third kappa shape index (κ3) is 4.55. The molecular formula is C22H26N2O5S. The van der Waals surface area contributed by atoms with E-state index in [4.69, 9.17) is 9.88 Å². The summed E-state index contributed by atoms with van der Waals surface area (Å²) < 4.78 is 28.3. The van der Waals surface area contributed by atoms with E-state index in [1.54, 1.807) is 18.2 Å². The van der Waals surface area contributed by atoms with Crippen LogP contribution in [0.5, 0.6) is 0 Å². The van der Waals surface area contributed by atoms with Gasteiger partial charge in [-0.15, -0.1) is 0 Å². The summed E-state index contributed by atoms with van der Waals surface area (Å²) in [7, 11) is -3.82. The molecule has 1 amide bonds. The van der Waals surface area contributed by atoms with Crippen LogP contribution < -0.4 is 10.0 Å². The normalized spacial score (nSPS) is 16.3. The molecule has 1 aliphatic heterocycles. The Balaban J connectivity index is 1.69. The molecule has 8 heteroatoms. The summed E-state index contributed by atoms with van der Waals surface area (Å²) in [5.74, 6) is -0.940. The van der Waals surface area contributed by atoms with Crippen molar-refractivity contribution >= 4 is 27.6 Å². The van der Waals surface area contributed by atoms with Crippen molar-refractivity contribution in [2.75, 3.05) is 11.5 Å². The molecule has 0 saturated carbocycles. The second kappa shape index (κ2) is 7.85. The number of fused-ring (bicyclic) bond motifs is 1. The molecule has 160 valence electrons. The van der Waals surface area contributed by atoms with Gasteiger partial charge < -0.3 is 9.64 Å². The highest BCUT2D eigenvalue weighted by molar-refractivity contribution is 7.89. The molecule has 2 aromatic carbocycles. The molecule has 7 nitrogen and oxygen atoms in total. The number of hydrogen-bond acceptors (Lipinski definition) is 5. The zero-order valence-electron chi connectivity index (χ0n) is 17.5. The Morgan fingerprint density at radius 2 is 1.77 bits per heavy atom. The van der Waals surface area contributed by atoms with Crippen LogP contribution in [-0.2, 0) is 31.4 Å². The first-order chi connectivity index (χ1) is 13.9. The van der Waals surface area contributed by atoms with Crippen LogP contribution in [0, 0.1) is 0 Å². The Hall–Kier alpha value is -2.71. The summed E-state index contributed by atoms with van der Waals surface area (Å²) in [6.07, 6.45) is 0.493. The third-order valence-corrected chi connectivity index (χ3v) is 6.09. The molecule has 1 atom stereocenters. The summed E-state index contributed by atoms with van der Waals surface area (Å²) in [5, 5.41) is 5.18. The summed E-state index contributed by atoms with van der Waals surface area (Å²) >= 11 is 0. The number of benzene rings is 2. The monoisotopic (exact) mass is 430 g/mol. The van der Waals surface area contributed by atoms with Gasteiger partial charge in [0, 0.05) is 11.7 Å². The maximum atomic E-state index is 12.7. The molecule has 0 bridgehead atoms. The van der Waals surface area contributed by atoms with Crippen molar-refractivity contribution in [2.24, 2.45) is 5.14 Å². The van der Waals surface area contributed by atoms with Gasteiger partial charge in [-0.3, -0.25) is 4.79 Å². The number of nitrogens with zero attached hydrogens (tertiary/aromatic N) is 1. The summed E-state index contributed by atoms with van der Waals surface area (Å²) in [4.78, 5) is 26.6. The number of sulfonamides is 1. The van der Waals surface area contributed by atoms with E-state index >= 15 is 0 Å². The van der Waals surface area contributed by atoms with Crippen molar-refractivity contribution in [1.82, 2.24) is 0 Å². The fourth-order valence-electron chi connectivity index (χ4n) is 3.55. The van der Waals surface area contributed by atoms with Gasteiger partial charge in [0.05, 0.1) is 10.5 Å². The van der Waals surface area contributed by atoms with Crippen molar-refractivity contribution in [3.05, 3.63) is 59.2 Å². The number of carbonyl (C=O) groups is 2. The van der Waals surface area contributed by atoms with Gasteiger partial charge in [-0.25, -0.2) is 18.4 Å². The third-order valence-electron chi connectivity index (χ3n) is 5.18. The molecule has 0 radical (unpaired) electrons. The molecule has 30 heavy (non-hydrogen) atoms. The zero-order chi connectivity index (χ0) is 22.3. The highest BCUT2D eigenvalue weighted by atomic mass is 32.2. The van der Waals surface area contributed by atoms with Crippen LogP contribution in [0.1, 0.15) is 49.2 Å². The Kier molecular flexibility index (Phi) is 5.75. The van der Waals surface area contributed by atoms with Crippen molar-refractivity contribution in [3.63, 3.8) is 0 Å². The van der Waals surface area contributed by atoms with Crippen LogP contribution in [0.4, 0.5) is 5.69 Å². The Labute approximate surface area is 176 Å². The number of ether oxygens (including phenoxy) is 1. The number of primary sulfonamides is 1. The van der Waals surface area contributed by atoms with Gasteiger partial charge in [0.1, 0.15) is 0 Å². The number of carbonyl (C=O) groups excluding carboxylic acids is 2. The lowest BCUT2D eigenvalue weighted by molar-refractivity contribution is -0.122. The van der Waals surface area contributed by atoms with Crippen LogP contribution in [0.2, 0.25) is 0 Å². The molecule has 1 unspecified atom stereocenters. The van der Waals surface area contributed by atoms with Gasteiger partial charge in [0.25, 0.3) is 5.91 Å². The van der Waals surface area contributed by atoms with Crippen molar-refractivity contribution in [3.8, 4) is 0 Å². The summed E-state index contributed by atoms with van der Waals surface area (Å²) in [5.41, 5.74) is 2.76. The lowest BCUT2D eigenvalue weighted by Crippen LogP contribution is -2.38. The van der Waals surface area contributed by atoms with Crippen LogP contribution in [0.3, 0.4) is 0 Å². The highest BCUT2D eigenvalue weighted by Gasteiger charge is 2.32. The topological polar surface area (TPSA) is 107 Å². The smallest absolute Gasteiger partial charge is 0.338 e. The van der Waals surface area contributed by atoms with Gasteiger partial charge >= 0.3 is 5.97 Å². The second-order valence-electron chi connectivity index (χ2n) is 8.56. The largest absolute Gasteiger partial charge is 0.452 e. The van der Waals surface area contributed by atoms with E-state index in [1.807, 2.05) is 19.1 Å². The molecule has 1 aliphatic rings. The predicted octanol–water partition coefficient (Wildman–Crippen LogP) is 2.77. The van der Waals surface area contributed by atoms with Crippen molar-refractivity contribution < 1.29 is 22.7 Å². The van der Waals surface area contributed by atoms with Gasteiger partial charge in [-0.1, -0.05) is 32.9 Å². The Morgan fingerprint density at radius 3 is 2.33 bits per heavy atom. The number of nitrogens with two attached hydrogens (primary N) is 1. The molecule has 2 aromatic rings. The molecular weight excluding hydrogens is 404 g/mol. The van der Waals surface area contributed by atoms with E-state index < -0.39 is 22.6 Å². The maximum Gasteiger partial charge on any atom is 0.338 e. The van der Waals surface area contributed by atoms with E-state index in [9.17, 15) is 18.0 Å². The number of rotatable bonds is 4. The van der Waals surface area contributed by atoms with Gasteiger partial charge in [0.15, 0.2) is 6.61 Å². The van der Waals surface area contributed by atoms with Gasteiger partial charge in [0.2, 0.25) is 10.0 Å². The average molecular weight is 431 g/mol. The lowest BCUT2D eigenvalue weighted by atomic mass is 9.87. The molecule has 0 spiro atoms. The number of amides is 1. The number of esters is 1. The molecule has 1 heterocycles. The molecule has 2 N–H and O–H groups in total. The fourth-order valence-corrected chi connectivity index (χ4v) is 4.12. The first-order valence-electron chi connectivity index (χ1n) is 9.63. The molecule has 0 saturated heterocycles. The first-order valence-corrected chi connectivity index (χ1v) is 11.2. The SMILES string of the molecule is CC1Cc2cc(S(N)(=O)=O)ccc2N1C(=O)COC(=O)c1ccc(C(C)(C)C)cc1. The Bertz CT molecular complexity index is 1090. The average Bonchev–Trinajstić information content (AvgIpc) is 2.99. The minimum Gasteiger partial charge on any atom is -0.452 e. The standard InChI is InChI=1S/C22H26N2O5S/c1-14-11-16-12-18(30(23,27)28)9-10-19(16)24(14)20(25)13-29-21(26)15-5-7-17(8-6-15)22(2,3)4/h5-10,12,14H,11,13H2,1-4H3,(H2,23,27,28). The first kappa shape index (κ1) is 22.0. The molecule has 0 aromatic heterocycles. The second-order valence-corrected chi connectivity index (χ2v) is 10.1. The number of anilines is 1. The Morgan fingerprint density at radius 1 is 1.13 bits per heavy atom. The molecule has 3 rings (SSSR count). The zero-order valence-corrected chi connectivity index (χ0v) is 18.3. The van der Waals surface area contributed by atoms with Gasteiger partial charge in [-0.2, -0.15) is 0 Å². The van der Waals surface area contributed by atoms with Crippen LogP contribution in [0.25, 0.3) is 0 Å². The maximum absolute atomic E-state index is 12.7. The minimum atomic E-state index is -3.82. The van der Waals surface area contributed by atoms with E-state index in [2.05, 4.69) is 20.8 Å². The van der Waals surface area contributed by atoms with E-state index in [0.29, 0.717) is 23.2 Å². The quantitative estimate of drug-likeness (QED) is 0.751. The summed E-state index contributed by atoms with van der Waals surface area (Å²) in [6, 6.07) is 11.4. The van der Waals surface area contributed by atoms with Crippen LogP contribution in [-0.4, -0.2) is 32.9 Å². The van der Waals surface area contributed by atoms with Gasteiger partial charge in [-0.05, 0) is 60.2 Å². The fraction of sp³-hybridized carbons (Fsp3) is 0.364. The predicted molar refractivity (Wildman–Crippen MR) is 114 cm³/mol. The molecule has 0 fully saturated rings. The van der Waals surface area contributed by atoms with Crippen molar-refractivity contribution in [1.29, 1.82) is 0 Å². The van der Waals surface area contributed by atoms with E-state index in [-0.39, 0.29) is 22.3 Å². The van der Waals surface area contributed by atoms with Crippen LogP contribution >= 0.6 is 0 Å². The summed E-state index contributed by atoms with van der Waals surface area (Å²) in [6.45, 7) is 7.70. The van der Waals surface area contributed by atoms with E-state index in [0.717, 1.165) is 5.56 Å².